The van der Waals surface area contributed by atoms with Gasteiger partial charge in [-0.05, 0) is 62.8 Å². The van der Waals surface area contributed by atoms with E-state index in [-0.39, 0.29) is 18.6 Å². The number of carboxylic acids is 1. The van der Waals surface area contributed by atoms with Gasteiger partial charge in [0, 0.05) is 23.7 Å². The first-order chi connectivity index (χ1) is 10.8. The predicted octanol–water partition coefficient (Wildman–Crippen LogP) is 4.28. The number of benzene rings is 1. The van der Waals surface area contributed by atoms with Crippen LogP contribution in [0.4, 0.5) is 0 Å². The third-order valence-electron chi connectivity index (χ3n) is 4.49. The summed E-state index contributed by atoms with van der Waals surface area (Å²) in [6.07, 6.45) is 1.45. The molecule has 4 nitrogen and oxygen atoms in total. The molecule has 0 aliphatic carbocycles. The molecule has 0 aliphatic rings. The van der Waals surface area contributed by atoms with Gasteiger partial charge in [0.05, 0.1) is 11.1 Å². The molecule has 1 aromatic carbocycles. The summed E-state index contributed by atoms with van der Waals surface area (Å²) in [6, 6.07) is 4.12. The van der Waals surface area contributed by atoms with Gasteiger partial charge >= 0.3 is 5.97 Å². The second-order valence-corrected chi connectivity index (χ2v) is 6.78. The summed E-state index contributed by atoms with van der Waals surface area (Å²) in [5.41, 5.74) is 4.49. The standard InChI is InChI=1S/C19H27NO3/c1-11(2)14-9-16-15(7-6-8-21)13(5)20(12(3)4)18(16)17(10-14)19(22)23/h9-12,21H,6-8H2,1-5H3,(H,22,23). The van der Waals surface area contributed by atoms with Gasteiger partial charge in [-0.15, -0.1) is 0 Å². The molecule has 4 heteroatoms. The number of aliphatic hydroxyl groups excluding tert-OH is 1. The van der Waals surface area contributed by atoms with Gasteiger partial charge in [-0.1, -0.05) is 13.8 Å². The fourth-order valence-electron chi connectivity index (χ4n) is 3.37. The Morgan fingerprint density at radius 1 is 1.22 bits per heavy atom. The highest BCUT2D eigenvalue weighted by Crippen LogP contribution is 2.35. The first-order valence-electron chi connectivity index (χ1n) is 8.31. The number of fused-ring (bicyclic) bond motifs is 1. The topological polar surface area (TPSA) is 62.5 Å². The Bertz CT molecular complexity index is 726. The molecule has 0 aliphatic heterocycles. The normalized spacial score (nSPS) is 11.8. The van der Waals surface area contributed by atoms with Crippen molar-refractivity contribution in [3.63, 3.8) is 0 Å². The lowest BCUT2D eigenvalue weighted by molar-refractivity contribution is 0.0698. The molecule has 126 valence electrons. The average Bonchev–Trinajstić information content (AvgIpc) is 2.75. The number of aryl methyl sites for hydroxylation is 1. The van der Waals surface area contributed by atoms with Crippen LogP contribution < -0.4 is 0 Å². The van der Waals surface area contributed by atoms with Crippen molar-refractivity contribution in [2.45, 2.75) is 59.4 Å². The minimum atomic E-state index is -0.884. The van der Waals surface area contributed by atoms with E-state index >= 15 is 0 Å². The van der Waals surface area contributed by atoms with Crippen molar-refractivity contribution in [3.8, 4) is 0 Å². The van der Waals surface area contributed by atoms with Gasteiger partial charge in [0.2, 0.25) is 0 Å². The summed E-state index contributed by atoms with van der Waals surface area (Å²) < 4.78 is 2.12. The van der Waals surface area contributed by atoms with Crippen LogP contribution in [0.5, 0.6) is 0 Å². The van der Waals surface area contributed by atoms with E-state index in [0.717, 1.165) is 34.1 Å². The summed E-state index contributed by atoms with van der Waals surface area (Å²) >= 11 is 0. The van der Waals surface area contributed by atoms with Crippen LogP contribution in [0.15, 0.2) is 12.1 Å². The number of carboxylic acid groups (broad SMARTS) is 1. The molecule has 0 unspecified atom stereocenters. The van der Waals surface area contributed by atoms with Crippen LogP contribution in [0.25, 0.3) is 10.9 Å². The molecule has 1 aromatic heterocycles. The van der Waals surface area contributed by atoms with Crippen LogP contribution in [-0.2, 0) is 6.42 Å². The monoisotopic (exact) mass is 317 g/mol. The van der Waals surface area contributed by atoms with Crippen LogP contribution in [0.2, 0.25) is 0 Å². The summed E-state index contributed by atoms with van der Waals surface area (Å²) in [5, 5.41) is 19.9. The van der Waals surface area contributed by atoms with E-state index in [2.05, 4.69) is 38.3 Å². The Morgan fingerprint density at radius 2 is 1.87 bits per heavy atom. The Kier molecular flexibility index (Phi) is 5.15. The molecule has 0 bridgehead atoms. The molecule has 23 heavy (non-hydrogen) atoms. The molecule has 0 amide bonds. The third-order valence-corrected chi connectivity index (χ3v) is 4.49. The van der Waals surface area contributed by atoms with Crippen LogP contribution in [-0.4, -0.2) is 27.4 Å². The molecule has 0 saturated heterocycles. The Labute approximate surface area is 137 Å². The molecule has 0 spiro atoms. The van der Waals surface area contributed by atoms with Crippen LogP contribution in [0.1, 0.15) is 73.3 Å². The lowest BCUT2D eigenvalue weighted by atomic mass is 9.95. The maximum atomic E-state index is 11.8. The van der Waals surface area contributed by atoms with Gasteiger partial charge in [0.25, 0.3) is 0 Å². The number of aromatic nitrogens is 1. The lowest BCUT2D eigenvalue weighted by Gasteiger charge is -2.15. The number of hydrogen-bond donors (Lipinski definition) is 2. The Hall–Kier alpha value is -1.81. The van der Waals surface area contributed by atoms with E-state index in [1.165, 1.54) is 0 Å². The molecule has 2 aromatic rings. The molecule has 0 atom stereocenters. The minimum Gasteiger partial charge on any atom is -0.478 e. The number of aromatic carboxylic acids is 1. The fraction of sp³-hybridized carbons (Fsp3) is 0.526. The molecule has 1 heterocycles. The van der Waals surface area contributed by atoms with E-state index in [1.807, 2.05) is 13.0 Å². The molecule has 0 saturated carbocycles. The number of aliphatic hydroxyl groups is 1. The SMILES string of the molecule is Cc1c(CCCO)c2cc(C(C)C)cc(C(=O)O)c2n1C(C)C. The van der Waals surface area contributed by atoms with Gasteiger partial charge < -0.3 is 14.8 Å². The molecule has 2 N–H and O–H groups in total. The first-order valence-corrected chi connectivity index (χ1v) is 8.31. The average molecular weight is 317 g/mol. The third kappa shape index (κ3) is 3.13. The summed E-state index contributed by atoms with van der Waals surface area (Å²) in [4.78, 5) is 11.8. The van der Waals surface area contributed by atoms with E-state index in [4.69, 9.17) is 0 Å². The maximum Gasteiger partial charge on any atom is 0.337 e. The summed E-state index contributed by atoms with van der Waals surface area (Å²) in [7, 11) is 0. The highest BCUT2D eigenvalue weighted by molar-refractivity contribution is 6.04. The lowest BCUT2D eigenvalue weighted by Crippen LogP contribution is -2.08. The highest BCUT2D eigenvalue weighted by Gasteiger charge is 2.22. The smallest absolute Gasteiger partial charge is 0.337 e. The van der Waals surface area contributed by atoms with E-state index in [1.54, 1.807) is 0 Å². The van der Waals surface area contributed by atoms with Crippen molar-refractivity contribution in [2.75, 3.05) is 6.61 Å². The van der Waals surface area contributed by atoms with Crippen molar-refractivity contribution in [1.82, 2.24) is 4.57 Å². The van der Waals surface area contributed by atoms with Crippen LogP contribution in [0, 0.1) is 6.92 Å². The Balaban J connectivity index is 2.89. The number of hydrogen-bond acceptors (Lipinski definition) is 2. The predicted molar refractivity (Wildman–Crippen MR) is 93.5 cm³/mol. The summed E-state index contributed by atoms with van der Waals surface area (Å²) in [5.74, 6) is -0.614. The second-order valence-electron chi connectivity index (χ2n) is 6.78. The van der Waals surface area contributed by atoms with Crippen molar-refractivity contribution in [2.24, 2.45) is 0 Å². The van der Waals surface area contributed by atoms with Gasteiger partial charge in [0.1, 0.15) is 0 Å². The quantitative estimate of drug-likeness (QED) is 0.836. The zero-order valence-electron chi connectivity index (χ0n) is 14.7. The van der Waals surface area contributed by atoms with Crippen molar-refractivity contribution in [1.29, 1.82) is 0 Å². The number of rotatable bonds is 6. The molecular formula is C19H27NO3. The van der Waals surface area contributed by atoms with Gasteiger partial charge in [0.15, 0.2) is 0 Å². The van der Waals surface area contributed by atoms with Gasteiger partial charge in [-0.25, -0.2) is 4.79 Å². The van der Waals surface area contributed by atoms with Crippen LogP contribution in [0.3, 0.4) is 0 Å². The van der Waals surface area contributed by atoms with Crippen molar-refractivity contribution in [3.05, 3.63) is 34.5 Å². The molecule has 0 radical (unpaired) electrons. The highest BCUT2D eigenvalue weighted by atomic mass is 16.4. The van der Waals surface area contributed by atoms with E-state index < -0.39 is 5.97 Å². The second kappa shape index (κ2) is 6.75. The first kappa shape index (κ1) is 17.5. The van der Waals surface area contributed by atoms with E-state index in [9.17, 15) is 15.0 Å². The van der Waals surface area contributed by atoms with Crippen molar-refractivity contribution < 1.29 is 15.0 Å². The molecular weight excluding hydrogens is 290 g/mol. The number of carbonyl (C=O) groups is 1. The maximum absolute atomic E-state index is 11.8. The zero-order valence-corrected chi connectivity index (χ0v) is 14.7. The minimum absolute atomic E-state index is 0.142. The summed E-state index contributed by atoms with van der Waals surface area (Å²) in [6.45, 7) is 10.5. The fourth-order valence-corrected chi connectivity index (χ4v) is 3.37. The number of nitrogens with zero attached hydrogens (tertiary/aromatic N) is 1. The van der Waals surface area contributed by atoms with Gasteiger partial charge in [-0.3, -0.25) is 0 Å². The van der Waals surface area contributed by atoms with Crippen molar-refractivity contribution >= 4 is 16.9 Å². The van der Waals surface area contributed by atoms with Crippen LogP contribution >= 0.6 is 0 Å². The molecule has 0 fully saturated rings. The Morgan fingerprint density at radius 3 is 2.35 bits per heavy atom. The largest absolute Gasteiger partial charge is 0.478 e. The zero-order chi connectivity index (χ0) is 17.3. The van der Waals surface area contributed by atoms with Gasteiger partial charge in [-0.2, -0.15) is 0 Å². The van der Waals surface area contributed by atoms with E-state index in [0.29, 0.717) is 12.0 Å². The molecule has 2 rings (SSSR count).